The fourth-order valence-corrected chi connectivity index (χ4v) is 3.23. The van der Waals surface area contributed by atoms with Crippen LogP contribution in [0.25, 0.3) is 0 Å². The van der Waals surface area contributed by atoms with Crippen LogP contribution in [0.3, 0.4) is 0 Å². The number of carbonyl (C=O) groups excluding carboxylic acids is 1. The third-order valence-electron chi connectivity index (χ3n) is 3.19. The molecule has 0 aliphatic heterocycles. The van der Waals surface area contributed by atoms with Crippen molar-refractivity contribution in [2.75, 3.05) is 13.2 Å². The third-order valence-corrected chi connectivity index (χ3v) is 5.55. The average molecular weight is 364 g/mol. The molecule has 0 radical (unpaired) electrons. The number of halogens is 2. The van der Waals surface area contributed by atoms with E-state index in [-0.39, 0.29) is 29.5 Å². The number of sulfonamides is 1. The van der Waals surface area contributed by atoms with Crippen LogP contribution in [0.15, 0.2) is 41.8 Å². The van der Waals surface area contributed by atoms with Crippen LogP contribution >= 0.6 is 23.2 Å². The topological polar surface area (TPSA) is 72.5 Å². The summed E-state index contributed by atoms with van der Waals surface area (Å²) >= 11 is 11.7. The van der Waals surface area contributed by atoms with Crippen molar-refractivity contribution in [3.63, 3.8) is 0 Å². The number of rotatable bonds is 7. The van der Waals surface area contributed by atoms with Gasteiger partial charge in [-0.05, 0) is 30.7 Å². The van der Waals surface area contributed by atoms with Crippen LogP contribution in [0, 0.1) is 5.92 Å². The maximum absolute atomic E-state index is 11.9. The van der Waals surface area contributed by atoms with Crippen LogP contribution in [0.4, 0.5) is 0 Å². The molecule has 0 aromatic heterocycles. The van der Waals surface area contributed by atoms with Gasteiger partial charge in [-0.2, -0.15) is 0 Å². The molecule has 120 valence electrons. The normalized spacial score (nSPS) is 19.5. The molecular weight excluding hydrogens is 349 g/mol. The van der Waals surface area contributed by atoms with E-state index in [1.807, 2.05) is 0 Å². The summed E-state index contributed by atoms with van der Waals surface area (Å²) in [5.74, 6) is -0.596. The molecule has 2 rings (SSSR count). The van der Waals surface area contributed by atoms with Gasteiger partial charge in [0.2, 0.25) is 10.0 Å². The summed E-state index contributed by atoms with van der Waals surface area (Å²) in [4.78, 5) is 11.9. The molecule has 1 aromatic carbocycles. The number of hydrogen-bond acceptors (Lipinski definition) is 4. The lowest BCUT2D eigenvalue weighted by atomic mass is 10.2. The molecule has 1 aliphatic rings. The molecule has 1 unspecified atom stereocenters. The number of hydrogen-bond donors (Lipinski definition) is 1. The zero-order valence-corrected chi connectivity index (χ0v) is 13.9. The molecule has 1 saturated carbocycles. The van der Waals surface area contributed by atoms with Gasteiger partial charge in [-0.3, -0.25) is 0 Å². The van der Waals surface area contributed by atoms with Gasteiger partial charge in [0.05, 0.1) is 17.1 Å². The van der Waals surface area contributed by atoms with E-state index in [2.05, 4.69) is 11.3 Å². The molecule has 0 amide bonds. The molecular formula is C14H15Cl2NO4S. The van der Waals surface area contributed by atoms with Gasteiger partial charge in [0.15, 0.2) is 0 Å². The van der Waals surface area contributed by atoms with E-state index in [1.165, 1.54) is 30.3 Å². The molecule has 22 heavy (non-hydrogen) atoms. The zero-order chi connectivity index (χ0) is 16.4. The Hall–Kier alpha value is -1.08. The zero-order valence-electron chi connectivity index (χ0n) is 11.6. The van der Waals surface area contributed by atoms with Crippen molar-refractivity contribution < 1.29 is 17.9 Å². The fraction of sp³-hybridized carbons (Fsp3) is 0.357. The first-order chi connectivity index (χ1) is 10.3. The van der Waals surface area contributed by atoms with Crippen molar-refractivity contribution >= 4 is 39.2 Å². The lowest BCUT2D eigenvalue weighted by molar-refractivity contribution is 0.0485. The minimum atomic E-state index is -3.60. The second-order valence-electron chi connectivity index (χ2n) is 4.93. The molecule has 5 nitrogen and oxygen atoms in total. The van der Waals surface area contributed by atoms with Crippen LogP contribution in [-0.4, -0.2) is 31.9 Å². The van der Waals surface area contributed by atoms with Crippen LogP contribution in [0.1, 0.15) is 16.8 Å². The highest BCUT2D eigenvalue weighted by Gasteiger charge is 2.52. The summed E-state index contributed by atoms with van der Waals surface area (Å²) in [6, 6.07) is 5.47. The molecule has 0 heterocycles. The van der Waals surface area contributed by atoms with Gasteiger partial charge in [0, 0.05) is 12.5 Å². The van der Waals surface area contributed by atoms with E-state index >= 15 is 0 Å². The summed E-state index contributed by atoms with van der Waals surface area (Å²) in [5, 5.41) is 0. The average Bonchev–Trinajstić information content (AvgIpc) is 3.10. The molecule has 1 aromatic rings. The van der Waals surface area contributed by atoms with Crippen LogP contribution in [0.5, 0.6) is 0 Å². The number of benzene rings is 1. The standard InChI is InChI=1S/C14H15Cl2NO4S/c1-2-7-17-22(19,20)12-5-3-10(4-6-12)13(18)21-9-11-8-14(11,15)16/h2-6,11,17H,1,7-9H2. The Bertz CT molecular complexity index is 671. The third kappa shape index (κ3) is 4.23. The van der Waals surface area contributed by atoms with Gasteiger partial charge in [0.1, 0.15) is 4.33 Å². The Morgan fingerprint density at radius 2 is 2.00 bits per heavy atom. The summed E-state index contributed by atoms with van der Waals surface area (Å²) in [6.07, 6.45) is 2.03. The fourth-order valence-electron chi connectivity index (χ4n) is 1.73. The lowest BCUT2D eigenvalue weighted by Crippen LogP contribution is -2.23. The van der Waals surface area contributed by atoms with Gasteiger partial charge >= 0.3 is 5.97 Å². The maximum atomic E-state index is 11.9. The number of alkyl halides is 2. The summed E-state index contributed by atoms with van der Waals surface area (Å²) in [6.45, 7) is 3.71. The minimum absolute atomic E-state index is 0.0532. The summed E-state index contributed by atoms with van der Waals surface area (Å²) in [7, 11) is -3.60. The molecule has 8 heteroatoms. The molecule has 1 aliphatic carbocycles. The van der Waals surface area contributed by atoms with E-state index in [0.717, 1.165) is 0 Å². The number of esters is 1. The molecule has 1 atom stereocenters. The van der Waals surface area contributed by atoms with Crippen molar-refractivity contribution in [1.29, 1.82) is 0 Å². The van der Waals surface area contributed by atoms with Crippen molar-refractivity contribution in [3.05, 3.63) is 42.5 Å². The number of ether oxygens (including phenoxy) is 1. The highest BCUT2D eigenvalue weighted by molar-refractivity contribution is 7.89. The van der Waals surface area contributed by atoms with Gasteiger partial charge in [-0.25, -0.2) is 17.9 Å². The molecule has 0 bridgehead atoms. The Kier molecular flexibility index (Phi) is 5.17. The molecule has 1 fully saturated rings. The van der Waals surface area contributed by atoms with Crippen molar-refractivity contribution in [1.82, 2.24) is 4.72 Å². The van der Waals surface area contributed by atoms with E-state index in [9.17, 15) is 13.2 Å². The number of carbonyl (C=O) groups is 1. The maximum Gasteiger partial charge on any atom is 0.338 e. The van der Waals surface area contributed by atoms with Gasteiger partial charge in [-0.15, -0.1) is 29.8 Å². The van der Waals surface area contributed by atoms with Crippen molar-refractivity contribution in [2.45, 2.75) is 15.6 Å². The predicted molar refractivity (Wildman–Crippen MR) is 84.7 cm³/mol. The summed E-state index contributed by atoms with van der Waals surface area (Å²) < 4.78 is 30.4. The second-order valence-corrected chi connectivity index (χ2v) is 8.23. The largest absolute Gasteiger partial charge is 0.462 e. The highest BCUT2D eigenvalue weighted by atomic mass is 35.5. The van der Waals surface area contributed by atoms with Crippen LogP contribution in [-0.2, 0) is 14.8 Å². The second kappa shape index (κ2) is 6.58. The van der Waals surface area contributed by atoms with Crippen molar-refractivity contribution in [2.24, 2.45) is 5.92 Å². The first-order valence-electron chi connectivity index (χ1n) is 6.52. The monoisotopic (exact) mass is 363 g/mol. The Morgan fingerprint density at radius 1 is 1.41 bits per heavy atom. The first-order valence-corrected chi connectivity index (χ1v) is 8.76. The molecule has 0 saturated heterocycles. The van der Waals surface area contributed by atoms with Crippen molar-refractivity contribution in [3.8, 4) is 0 Å². The smallest absolute Gasteiger partial charge is 0.338 e. The van der Waals surface area contributed by atoms with E-state index in [0.29, 0.717) is 6.42 Å². The highest BCUT2D eigenvalue weighted by Crippen LogP contribution is 2.53. The Morgan fingerprint density at radius 3 is 2.50 bits per heavy atom. The van der Waals surface area contributed by atoms with Gasteiger partial charge in [-0.1, -0.05) is 6.08 Å². The Balaban J connectivity index is 1.96. The van der Waals surface area contributed by atoms with Gasteiger partial charge < -0.3 is 4.74 Å². The van der Waals surface area contributed by atoms with E-state index in [4.69, 9.17) is 27.9 Å². The quantitative estimate of drug-likeness (QED) is 0.458. The Labute approximate surface area is 139 Å². The molecule has 1 N–H and O–H groups in total. The SMILES string of the molecule is C=CCNS(=O)(=O)c1ccc(C(=O)OCC2CC2(Cl)Cl)cc1. The van der Waals surface area contributed by atoms with Crippen LogP contribution < -0.4 is 4.72 Å². The first kappa shape index (κ1) is 17.3. The van der Waals surface area contributed by atoms with Gasteiger partial charge in [0.25, 0.3) is 0 Å². The lowest BCUT2D eigenvalue weighted by Gasteiger charge is -2.07. The van der Waals surface area contributed by atoms with E-state index < -0.39 is 20.3 Å². The molecule has 0 spiro atoms. The summed E-state index contributed by atoms with van der Waals surface area (Å²) in [5.41, 5.74) is 0.262. The minimum Gasteiger partial charge on any atom is -0.462 e. The number of nitrogens with one attached hydrogen (secondary N) is 1. The predicted octanol–water partition coefficient (Wildman–Crippen LogP) is 2.50. The van der Waals surface area contributed by atoms with E-state index in [1.54, 1.807) is 0 Å². The van der Waals surface area contributed by atoms with Crippen LogP contribution in [0.2, 0.25) is 0 Å².